The summed E-state index contributed by atoms with van der Waals surface area (Å²) in [6.07, 6.45) is 4.65. The molecule has 1 N–H and O–H groups in total. The van der Waals surface area contributed by atoms with Gasteiger partial charge in [-0.2, -0.15) is 9.29 Å². The van der Waals surface area contributed by atoms with Crippen LogP contribution >= 0.6 is 0 Å². The topological polar surface area (TPSA) is 84.9 Å². The highest BCUT2D eigenvalue weighted by atomic mass is 32.2. The van der Waals surface area contributed by atoms with E-state index in [0.717, 1.165) is 56.7 Å². The molecule has 0 amide bonds. The first-order valence-corrected chi connectivity index (χ1v) is 15.2. The summed E-state index contributed by atoms with van der Waals surface area (Å²) in [5.41, 5.74) is 3.76. The minimum atomic E-state index is -3.56. The number of hydrogen-bond donors (Lipinski definition) is 1. The summed E-state index contributed by atoms with van der Waals surface area (Å²) in [6, 6.07) is 15.5. The molecule has 1 aromatic heterocycles. The summed E-state index contributed by atoms with van der Waals surface area (Å²) in [4.78, 5) is 16.4. The van der Waals surface area contributed by atoms with Crippen LogP contribution in [-0.2, 0) is 10.0 Å². The number of anilines is 5. The zero-order valence-corrected chi connectivity index (χ0v) is 24.2. The van der Waals surface area contributed by atoms with E-state index in [0.29, 0.717) is 28.9 Å². The van der Waals surface area contributed by atoms with Gasteiger partial charge in [0, 0.05) is 74.6 Å². The molecule has 2 aliphatic heterocycles. The second kappa shape index (κ2) is 11.5. The van der Waals surface area contributed by atoms with Crippen molar-refractivity contribution in [2.45, 2.75) is 44.0 Å². The number of piperazine rings is 1. The third-order valence-corrected chi connectivity index (χ3v) is 9.82. The largest absolute Gasteiger partial charge is 0.369 e. The molecule has 0 radical (unpaired) electrons. The second-order valence-electron chi connectivity index (χ2n) is 10.7. The predicted octanol–water partition coefficient (Wildman–Crippen LogP) is 4.61. The number of piperidine rings is 1. The summed E-state index contributed by atoms with van der Waals surface area (Å²) < 4.78 is 28.4. The predicted molar refractivity (Wildman–Crippen MR) is 158 cm³/mol. The molecule has 3 aromatic rings. The van der Waals surface area contributed by atoms with Gasteiger partial charge in [0.25, 0.3) is 0 Å². The number of nitrogens with one attached hydrogen (secondary N) is 1. The van der Waals surface area contributed by atoms with Crippen LogP contribution in [0.15, 0.2) is 59.6 Å². The average molecular weight is 550 g/mol. The zero-order valence-electron chi connectivity index (χ0n) is 23.3. The van der Waals surface area contributed by atoms with E-state index >= 15 is 0 Å². The van der Waals surface area contributed by atoms with E-state index in [1.54, 1.807) is 28.7 Å². The van der Waals surface area contributed by atoms with Gasteiger partial charge >= 0.3 is 0 Å². The van der Waals surface area contributed by atoms with Gasteiger partial charge in [-0.05, 0) is 76.2 Å². The fourth-order valence-corrected chi connectivity index (χ4v) is 6.97. The molecule has 0 aliphatic carbocycles. The number of sulfonamides is 1. The number of hydrogen-bond acceptors (Lipinski definition) is 8. The van der Waals surface area contributed by atoms with Crippen LogP contribution in [0.5, 0.6) is 0 Å². The minimum Gasteiger partial charge on any atom is -0.369 e. The van der Waals surface area contributed by atoms with Crippen molar-refractivity contribution in [1.29, 1.82) is 0 Å². The van der Waals surface area contributed by atoms with Crippen LogP contribution in [0.3, 0.4) is 0 Å². The molecule has 0 spiro atoms. The van der Waals surface area contributed by atoms with Crippen molar-refractivity contribution >= 4 is 38.9 Å². The van der Waals surface area contributed by atoms with E-state index < -0.39 is 10.0 Å². The van der Waals surface area contributed by atoms with Crippen LogP contribution in [0.4, 0.5) is 28.8 Å². The molecular weight excluding hydrogens is 510 g/mol. The lowest BCUT2D eigenvalue weighted by molar-refractivity contribution is 0.268. The summed E-state index contributed by atoms with van der Waals surface area (Å²) >= 11 is 0. The van der Waals surface area contributed by atoms with Gasteiger partial charge in [0.1, 0.15) is 5.82 Å². The lowest BCUT2D eigenvalue weighted by atomic mass is 10.1. The Balaban J connectivity index is 1.32. The SMILES string of the molecule is Cc1cnc(N(C)c2ccc(N3CCN(C)CC3)cc2)nc1Nc1cccc(S(=O)(=O)N2CCCCC2C)c1. The Morgan fingerprint density at radius 3 is 2.46 bits per heavy atom. The smallest absolute Gasteiger partial charge is 0.243 e. The van der Waals surface area contributed by atoms with E-state index in [2.05, 4.69) is 51.4 Å². The van der Waals surface area contributed by atoms with E-state index in [4.69, 9.17) is 4.98 Å². The number of likely N-dealkylation sites (N-methyl/N-ethyl adjacent to an activating group) is 1. The first-order valence-electron chi connectivity index (χ1n) is 13.7. The van der Waals surface area contributed by atoms with E-state index in [-0.39, 0.29) is 6.04 Å². The van der Waals surface area contributed by atoms with Gasteiger partial charge in [0.05, 0.1) is 4.90 Å². The maximum atomic E-state index is 13.4. The first-order chi connectivity index (χ1) is 18.7. The highest BCUT2D eigenvalue weighted by Gasteiger charge is 2.31. The number of nitrogens with zero attached hydrogens (tertiary/aromatic N) is 6. The van der Waals surface area contributed by atoms with Crippen LogP contribution in [-0.4, -0.2) is 80.5 Å². The average Bonchev–Trinajstić information content (AvgIpc) is 2.95. The van der Waals surface area contributed by atoms with Crippen molar-refractivity contribution in [2.75, 3.05) is 61.9 Å². The van der Waals surface area contributed by atoms with Gasteiger partial charge < -0.3 is 20.0 Å². The molecule has 2 saturated heterocycles. The Kier molecular flexibility index (Phi) is 8.06. The first kappa shape index (κ1) is 27.4. The monoisotopic (exact) mass is 549 g/mol. The van der Waals surface area contributed by atoms with Crippen molar-refractivity contribution in [3.05, 3.63) is 60.3 Å². The molecule has 1 atom stereocenters. The fourth-order valence-electron chi connectivity index (χ4n) is 5.22. The summed E-state index contributed by atoms with van der Waals surface area (Å²) in [5.74, 6) is 1.20. The molecule has 208 valence electrons. The summed E-state index contributed by atoms with van der Waals surface area (Å²) in [5, 5.41) is 3.33. The lowest BCUT2D eigenvalue weighted by Crippen LogP contribution is -2.44. The number of benzene rings is 2. The Morgan fingerprint density at radius 1 is 1.00 bits per heavy atom. The van der Waals surface area contributed by atoms with Crippen molar-refractivity contribution in [2.24, 2.45) is 0 Å². The van der Waals surface area contributed by atoms with Crippen LogP contribution in [0, 0.1) is 6.92 Å². The number of aromatic nitrogens is 2. The molecule has 2 aliphatic rings. The Hall–Kier alpha value is -3.21. The molecule has 5 rings (SSSR count). The third-order valence-electron chi connectivity index (χ3n) is 7.81. The van der Waals surface area contributed by atoms with E-state index in [1.165, 1.54) is 5.69 Å². The third kappa shape index (κ3) is 6.03. The van der Waals surface area contributed by atoms with Crippen molar-refractivity contribution in [3.63, 3.8) is 0 Å². The summed E-state index contributed by atoms with van der Waals surface area (Å²) in [6.45, 7) is 8.69. The minimum absolute atomic E-state index is 0.0122. The standard InChI is InChI=1S/C29H39N7O2S/c1-22-21-30-29(34(4)25-11-13-26(14-12-25)35-18-16-33(3)17-19-35)32-28(22)31-24-9-7-10-27(20-24)39(37,38)36-15-6-5-8-23(36)2/h7,9-14,20-21,23H,5-6,8,15-19H2,1-4H3,(H,30,31,32). The Bertz CT molecular complexity index is 1390. The van der Waals surface area contributed by atoms with Gasteiger partial charge in [0.2, 0.25) is 16.0 Å². The van der Waals surface area contributed by atoms with E-state index in [9.17, 15) is 8.42 Å². The van der Waals surface area contributed by atoms with Crippen molar-refractivity contribution in [3.8, 4) is 0 Å². The van der Waals surface area contributed by atoms with Gasteiger partial charge in [-0.1, -0.05) is 12.5 Å². The van der Waals surface area contributed by atoms with Gasteiger partial charge in [-0.3, -0.25) is 0 Å². The molecular formula is C29H39N7O2S. The molecule has 0 bridgehead atoms. The van der Waals surface area contributed by atoms with Crippen molar-refractivity contribution < 1.29 is 8.42 Å². The molecule has 39 heavy (non-hydrogen) atoms. The molecule has 0 saturated carbocycles. The molecule has 3 heterocycles. The number of aryl methyl sites for hydroxylation is 1. The van der Waals surface area contributed by atoms with Crippen LogP contribution in [0.1, 0.15) is 31.7 Å². The van der Waals surface area contributed by atoms with Crippen LogP contribution in [0.2, 0.25) is 0 Å². The fraction of sp³-hybridized carbons (Fsp3) is 0.448. The van der Waals surface area contributed by atoms with Crippen molar-refractivity contribution in [1.82, 2.24) is 19.2 Å². The molecule has 9 nitrogen and oxygen atoms in total. The Morgan fingerprint density at radius 2 is 1.74 bits per heavy atom. The lowest BCUT2D eigenvalue weighted by Gasteiger charge is -2.34. The van der Waals surface area contributed by atoms with E-state index in [1.807, 2.05) is 31.9 Å². The van der Waals surface area contributed by atoms with Crippen LogP contribution in [0.25, 0.3) is 0 Å². The normalized spacial score (nSPS) is 19.2. The van der Waals surface area contributed by atoms with Gasteiger partial charge in [-0.25, -0.2) is 13.4 Å². The Labute approximate surface area is 232 Å². The maximum absolute atomic E-state index is 13.4. The van der Waals surface area contributed by atoms with Gasteiger partial charge in [0.15, 0.2) is 0 Å². The maximum Gasteiger partial charge on any atom is 0.243 e. The highest BCUT2D eigenvalue weighted by molar-refractivity contribution is 7.89. The second-order valence-corrected chi connectivity index (χ2v) is 12.6. The highest BCUT2D eigenvalue weighted by Crippen LogP contribution is 2.29. The molecule has 1 unspecified atom stereocenters. The number of rotatable bonds is 7. The van der Waals surface area contributed by atoms with Gasteiger partial charge in [-0.15, -0.1) is 0 Å². The van der Waals surface area contributed by atoms with Crippen LogP contribution < -0.4 is 15.1 Å². The zero-order chi connectivity index (χ0) is 27.6. The quantitative estimate of drug-likeness (QED) is 0.457. The molecule has 2 aromatic carbocycles. The molecule has 2 fully saturated rings. The summed E-state index contributed by atoms with van der Waals surface area (Å²) in [7, 11) is 0.550. The molecule has 10 heteroatoms.